The number of methoxy groups -OCH3 is 2. The third-order valence-corrected chi connectivity index (χ3v) is 9.64. The summed E-state index contributed by atoms with van der Waals surface area (Å²) in [5.74, 6) is 2.01. The summed E-state index contributed by atoms with van der Waals surface area (Å²) in [4.78, 5) is 1.92. The van der Waals surface area contributed by atoms with Crippen molar-refractivity contribution in [2.75, 3.05) is 26.2 Å². The summed E-state index contributed by atoms with van der Waals surface area (Å²) in [7, 11) is 5.19. The maximum atomic E-state index is 11.7. The third-order valence-electron chi connectivity index (χ3n) is 9.64. The standard InChI is InChI=1S/C26H41NO4/c1-23(2)10-8-11-24(3)21(23)9-12-25(4,29)26(24)16-20(26)22(28)27(5)17-13-18(30-6)15-19(14-17)31-7/h13-15,20-22,28-29H,8-12,16H2,1-7H3/t20-,21?,22?,24-,25+,26?/m0/s1. The summed E-state index contributed by atoms with van der Waals surface area (Å²) in [5.41, 5.74) is 0.156. The molecule has 0 aliphatic heterocycles. The van der Waals surface area contributed by atoms with Crippen LogP contribution in [0.25, 0.3) is 0 Å². The highest BCUT2D eigenvalue weighted by Crippen LogP contribution is 2.79. The summed E-state index contributed by atoms with van der Waals surface area (Å²) in [6.07, 6.45) is 5.67. The summed E-state index contributed by atoms with van der Waals surface area (Å²) in [6.45, 7) is 9.25. The second-order valence-electron chi connectivity index (χ2n) is 11.5. The fourth-order valence-electron chi connectivity index (χ4n) is 7.97. The van der Waals surface area contributed by atoms with Gasteiger partial charge >= 0.3 is 0 Å². The first-order valence-electron chi connectivity index (χ1n) is 11.8. The predicted molar refractivity (Wildman–Crippen MR) is 124 cm³/mol. The quantitative estimate of drug-likeness (QED) is 0.653. The van der Waals surface area contributed by atoms with Crippen molar-refractivity contribution in [3.05, 3.63) is 18.2 Å². The van der Waals surface area contributed by atoms with Crippen molar-refractivity contribution in [2.24, 2.45) is 28.1 Å². The number of aliphatic hydroxyl groups excluding tert-OH is 1. The van der Waals surface area contributed by atoms with E-state index >= 15 is 0 Å². The molecule has 1 aromatic rings. The van der Waals surface area contributed by atoms with Gasteiger partial charge in [-0.15, -0.1) is 0 Å². The van der Waals surface area contributed by atoms with Crippen LogP contribution >= 0.6 is 0 Å². The summed E-state index contributed by atoms with van der Waals surface area (Å²) < 4.78 is 10.9. The number of hydrogen-bond acceptors (Lipinski definition) is 5. The van der Waals surface area contributed by atoms with E-state index in [0.29, 0.717) is 17.4 Å². The Labute approximate surface area is 187 Å². The van der Waals surface area contributed by atoms with Crippen molar-refractivity contribution >= 4 is 5.69 Å². The van der Waals surface area contributed by atoms with Crippen molar-refractivity contribution < 1.29 is 19.7 Å². The van der Waals surface area contributed by atoms with Crippen LogP contribution in [-0.4, -0.2) is 43.3 Å². The molecule has 31 heavy (non-hydrogen) atoms. The Hall–Kier alpha value is -1.46. The molecule has 5 nitrogen and oxygen atoms in total. The average Bonchev–Trinajstić information content (AvgIpc) is 3.48. The zero-order valence-electron chi connectivity index (χ0n) is 20.4. The minimum Gasteiger partial charge on any atom is -0.497 e. The summed E-state index contributed by atoms with van der Waals surface area (Å²) >= 11 is 0. The van der Waals surface area contributed by atoms with Crippen molar-refractivity contribution in [1.29, 1.82) is 0 Å². The normalized spacial score (nSPS) is 39.5. The SMILES string of the molecule is COc1cc(OC)cc(N(C)C(O)[C@@H]2CC23[C@@]2(C)CCCC(C)(C)C2CC[C@@]3(C)O)c1. The van der Waals surface area contributed by atoms with E-state index in [1.807, 2.05) is 37.1 Å². The molecule has 174 valence electrons. The molecule has 0 saturated heterocycles. The lowest BCUT2D eigenvalue weighted by molar-refractivity contribution is -0.194. The van der Waals surface area contributed by atoms with Gasteiger partial charge in [-0.25, -0.2) is 0 Å². The highest BCUT2D eigenvalue weighted by atomic mass is 16.5. The lowest BCUT2D eigenvalue weighted by atomic mass is 9.43. The average molecular weight is 432 g/mol. The van der Waals surface area contributed by atoms with Gasteiger partial charge in [0.1, 0.15) is 17.7 Å². The molecule has 3 aliphatic carbocycles. The highest BCUT2D eigenvalue weighted by Gasteiger charge is 2.78. The van der Waals surface area contributed by atoms with Crippen LogP contribution in [0.3, 0.4) is 0 Å². The molecular formula is C26H41NO4. The van der Waals surface area contributed by atoms with Crippen LogP contribution < -0.4 is 14.4 Å². The van der Waals surface area contributed by atoms with Crippen LogP contribution in [0.2, 0.25) is 0 Å². The van der Waals surface area contributed by atoms with Crippen molar-refractivity contribution in [3.63, 3.8) is 0 Å². The fourth-order valence-corrected chi connectivity index (χ4v) is 7.97. The summed E-state index contributed by atoms with van der Waals surface area (Å²) in [6, 6.07) is 5.69. The van der Waals surface area contributed by atoms with E-state index in [2.05, 4.69) is 20.8 Å². The number of rotatable bonds is 5. The van der Waals surface area contributed by atoms with Crippen LogP contribution in [0, 0.1) is 28.1 Å². The molecule has 3 unspecified atom stereocenters. The number of fused-ring (bicyclic) bond motifs is 2. The van der Waals surface area contributed by atoms with Gasteiger partial charge in [-0.2, -0.15) is 0 Å². The molecule has 4 rings (SSSR count). The Morgan fingerprint density at radius 2 is 1.61 bits per heavy atom. The number of anilines is 1. The molecule has 3 aliphatic rings. The highest BCUT2D eigenvalue weighted by molar-refractivity contribution is 5.56. The van der Waals surface area contributed by atoms with Gasteiger partial charge in [-0.1, -0.05) is 27.2 Å². The van der Waals surface area contributed by atoms with Crippen LogP contribution in [-0.2, 0) is 0 Å². The van der Waals surface area contributed by atoms with E-state index in [1.54, 1.807) is 14.2 Å². The Balaban J connectivity index is 1.67. The largest absolute Gasteiger partial charge is 0.497 e. The van der Waals surface area contributed by atoms with Crippen LogP contribution in [0.15, 0.2) is 18.2 Å². The molecule has 1 spiro atoms. The Bertz CT molecular complexity index is 814. The third kappa shape index (κ3) is 3.18. The van der Waals surface area contributed by atoms with Gasteiger partial charge in [-0.3, -0.25) is 0 Å². The predicted octanol–water partition coefficient (Wildman–Crippen LogP) is 4.84. The van der Waals surface area contributed by atoms with Gasteiger partial charge in [0, 0.05) is 42.3 Å². The molecule has 0 aromatic heterocycles. The molecule has 0 bridgehead atoms. The molecular weight excluding hydrogens is 390 g/mol. The number of aliphatic hydroxyl groups is 2. The van der Waals surface area contributed by atoms with Crippen LogP contribution in [0.4, 0.5) is 5.69 Å². The Kier molecular flexibility index (Phi) is 5.33. The van der Waals surface area contributed by atoms with Crippen LogP contribution in [0.1, 0.15) is 66.2 Å². The molecule has 6 atom stereocenters. The first kappa shape index (κ1) is 22.7. The van der Waals surface area contributed by atoms with Gasteiger partial charge < -0.3 is 24.6 Å². The minimum absolute atomic E-state index is 0.0337. The maximum absolute atomic E-state index is 11.7. The monoisotopic (exact) mass is 431 g/mol. The molecule has 3 saturated carbocycles. The topological polar surface area (TPSA) is 62.2 Å². The van der Waals surface area contributed by atoms with Gasteiger partial charge in [-0.05, 0) is 55.8 Å². The lowest BCUT2D eigenvalue weighted by Gasteiger charge is -2.63. The molecule has 1 aromatic carbocycles. The first-order chi connectivity index (χ1) is 14.4. The van der Waals surface area contributed by atoms with Gasteiger partial charge in [0.15, 0.2) is 0 Å². The van der Waals surface area contributed by atoms with E-state index in [9.17, 15) is 10.2 Å². The zero-order valence-corrected chi connectivity index (χ0v) is 20.4. The van der Waals surface area contributed by atoms with Crippen molar-refractivity contribution in [1.82, 2.24) is 0 Å². The molecule has 0 amide bonds. The summed E-state index contributed by atoms with van der Waals surface area (Å²) in [5, 5.41) is 23.3. The second-order valence-corrected chi connectivity index (χ2v) is 11.5. The smallest absolute Gasteiger partial charge is 0.130 e. The lowest BCUT2D eigenvalue weighted by Crippen LogP contribution is -2.61. The van der Waals surface area contributed by atoms with Crippen molar-refractivity contribution in [2.45, 2.75) is 78.0 Å². The van der Waals surface area contributed by atoms with Gasteiger partial charge in [0.05, 0.1) is 19.8 Å². The van der Waals surface area contributed by atoms with E-state index in [0.717, 1.165) is 31.4 Å². The fraction of sp³-hybridized carbons (Fsp3) is 0.769. The van der Waals surface area contributed by atoms with E-state index < -0.39 is 11.8 Å². The minimum atomic E-state index is -0.760. The molecule has 2 N–H and O–H groups in total. The number of benzene rings is 1. The first-order valence-corrected chi connectivity index (χ1v) is 11.8. The molecule has 0 heterocycles. The molecule has 3 fully saturated rings. The molecule has 5 heteroatoms. The van der Waals surface area contributed by atoms with Crippen molar-refractivity contribution in [3.8, 4) is 11.5 Å². The van der Waals surface area contributed by atoms with E-state index in [4.69, 9.17) is 9.47 Å². The van der Waals surface area contributed by atoms with E-state index in [1.165, 1.54) is 12.8 Å². The van der Waals surface area contributed by atoms with Gasteiger partial charge in [0.25, 0.3) is 0 Å². The second kappa shape index (κ2) is 7.28. The Morgan fingerprint density at radius 1 is 1.00 bits per heavy atom. The molecule has 0 radical (unpaired) electrons. The zero-order chi connectivity index (χ0) is 22.8. The number of hydrogen-bond donors (Lipinski definition) is 2. The van der Waals surface area contributed by atoms with Crippen LogP contribution in [0.5, 0.6) is 11.5 Å². The van der Waals surface area contributed by atoms with E-state index in [-0.39, 0.29) is 22.2 Å². The Morgan fingerprint density at radius 3 is 2.19 bits per heavy atom. The number of nitrogens with zero attached hydrogens (tertiary/aromatic N) is 1. The maximum Gasteiger partial charge on any atom is 0.130 e. The van der Waals surface area contributed by atoms with Gasteiger partial charge in [0.2, 0.25) is 0 Å². The number of ether oxygens (including phenoxy) is 2.